The van der Waals surface area contributed by atoms with Crippen molar-refractivity contribution in [2.75, 3.05) is 13.1 Å². The average Bonchev–Trinajstić information content (AvgIpc) is 2.32. The minimum absolute atomic E-state index is 0. The molecule has 0 saturated carbocycles. The lowest BCUT2D eigenvalue weighted by Crippen LogP contribution is -2.42. The highest BCUT2D eigenvalue weighted by Gasteiger charge is 2.11. The van der Waals surface area contributed by atoms with Crippen LogP contribution in [0.4, 0.5) is 0 Å². The molecule has 1 heterocycles. The van der Waals surface area contributed by atoms with Crippen LogP contribution in [0.3, 0.4) is 0 Å². The van der Waals surface area contributed by atoms with Crippen LogP contribution in [-0.2, 0) is 11.4 Å². The number of hydrogen-bond donors (Lipinski definition) is 2. The Hall–Kier alpha value is -0.320. The topological polar surface area (TPSA) is 33.3 Å². The molecule has 17 heavy (non-hydrogen) atoms. The summed E-state index contributed by atoms with van der Waals surface area (Å²) >= 11 is 0. The van der Waals surface area contributed by atoms with Crippen molar-refractivity contribution < 1.29 is 4.84 Å². The second-order valence-electron chi connectivity index (χ2n) is 3.94. The lowest BCUT2D eigenvalue weighted by molar-refractivity contribution is -0.00146. The van der Waals surface area contributed by atoms with Gasteiger partial charge in [-0.3, -0.25) is 4.84 Å². The van der Waals surface area contributed by atoms with Crippen LogP contribution in [0.25, 0.3) is 0 Å². The fourth-order valence-corrected chi connectivity index (χ4v) is 1.77. The smallest absolute Gasteiger partial charge is 0.0933 e. The molecule has 98 valence electrons. The molecule has 0 bridgehead atoms. The molecule has 0 aromatic heterocycles. The number of hydrogen-bond acceptors (Lipinski definition) is 3. The second-order valence-corrected chi connectivity index (χ2v) is 3.94. The highest BCUT2D eigenvalue weighted by Crippen LogP contribution is 2.03. The first-order chi connectivity index (χ1) is 7.45. The van der Waals surface area contributed by atoms with Gasteiger partial charge in [0.1, 0.15) is 0 Å². The zero-order valence-electron chi connectivity index (χ0n) is 9.72. The Balaban J connectivity index is 0.00000128. The molecule has 2 rings (SSSR count). The first kappa shape index (κ1) is 16.7. The van der Waals surface area contributed by atoms with Crippen molar-refractivity contribution in [3.05, 3.63) is 35.9 Å². The average molecular weight is 279 g/mol. The van der Waals surface area contributed by atoms with E-state index in [2.05, 4.69) is 22.9 Å². The highest BCUT2D eigenvalue weighted by molar-refractivity contribution is 5.85. The van der Waals surface area contributed by atoms with E-state index in [1.54, 1.807) is 0 Å². The Morgan fingerprint density at radius 1 is 1.24 bits per heavy atom. The Kier molecular flexibility index (Phi) is 9.50. The van der Waals surface area contributed by atoms with E-state index in [9.17, 15) is 0 Å². The Morgan fingerprint density at radius 3 is 2.65 bits per heavy atom. The normalized spacial score (nSPS) is 18.9. The largest absolute Gasteiger partial charge is 0.315 e. The van der Waals surface area contributed by atoms with Gasteiger partial charge < -0.3 is 5.32 Å². The lowest BCUT2D eigenvalue weighted by atomic mass is 10.1. The summed E-state index contributed by atoms with van der Waals surface area (Å²) in [6.45, 7) is 2.78. The zero-order valence-corrected chi connectivity index (χ0v) is 11.4. The molecule has 1 aliphatic heterocycles. The molecule has 1 aliphatic rings. The molecular formula is C12H20Cl2N2O. The van der Waals surface area contributed by atoms with Gasteiger partial charge in [-0.2, -0.15) is 5.48 Å². The number of piperidine rings is 1. The number of rotatable bonds is 4. The molecule has 3 nitrogen and oxygen atoms in total. The molecule has 0 spiro atoms. The summed E-state index contributed by atoms with van der Waals surface area (Å²) in [6.07, 6.45) is 2.42. The fourth-order valence-electron chi connectivity index (χ4n) is 1.77. The van der Waals surface area contributed by atoms with Gasteiger partial charge in [-0.1, -0.05) is 30.3 Å². The van der Waals surface area contributed by atoms with Gasteiger partial charge in [0.2, 0.25) is 0 Å². The third-order valence-corrected chi connectivity index (χ3v) is 2.63. The zero-order chi connectivity index (χ0) is 10.3. The molecule has 1 saturated heterocycles. The van der Waals surface area contributed by atoms with Crippen molar-refractivity contribution in [2.24, 2.45) is 0 Å². The summed E-state index contributed by atoms with van der Waals surface area (Å²) in [4.78, 5) is 5.47. The lowest BCUT2D eigenvalue weighted by Gasteiger charge is -2.23. The summed E-state index contributed by atoms with van der Waals surface area (Å²) in [5.74, 6) is 0. The van der Waals surface area contributed by atoms with Crippen LogP contribution in [0, 0.1) is 0 Å². The van der Waals surface area contributed by atoms with E-state index < -0.39 is 0 Å². The van der Waals surface area contributed by atoms with E-state index in [1.165, 1.54) is 18.4 Å². The van der Waals surface area contributed by atoms with Gasteiger partial charge in [0, 0.05) is 12.6 Å². The summed E-state index contributed by atoms with van der Waals surface area (Å²) in [5, 5.41) is 3.34. The van der Waals surface area contributed by atoms with Crippen molar-refractivity contribution in [1.29, 1.82) is 0 Å². The molecule has 1 fully saturated rings. The molecule has 2 N–H and O–H groups in total. The molecule has 1 aromatic carbocycles. The molecule has 0 radical (unpaired) electrons. The molecule has 1 unspecified atom stereocenters. The number of halogens is 2. The van der Waals surface area contributed by atoms with Gasteiger partial charge in [0.15, 0.2) is 0 Å². The highest BCUT2D eigenvalue weighted by atomic mass is 35.5. The van der Waals surface area contributed by atoms with Crippen molar-refractivity contribution in [3.63, 3.8) is 0 Å². The Bertz CT molecular complexity index is 279. The van der Waals surface area contributed by atoms with Gasteiger partial charge in [-0.15, -0.1) is 24.8 Å². The SMILES string of the molecule is Cl.Cl.c1ccc(CONC2CCCNC2)cc1. The van der Waals surface area contributed by atoms with Crippen LogP contribution >= 0.6 is 24.8 Å². The van der Waals surface area contributed by atoms with E-state index in [0.29, 0.717) is 12.6 Å². The minimum Gasteiger partial charge on any atom is -0.315 e. The predicted molar refractivity (Wildman–Crippen MR) is 74.8 cm³/mol. The minimum atomic E-state index is 0. The summed E-state index contributed by atoms with van der Waals surface area (Å²) in [6, 6.07) is 10.7. The van der Waals surface area contributed by atoms with Crippen LogP contribution in [0.1, 0.15) is 18.4 Å². The van der Waals surface area contributed by atoms with Crippen molar-refractivity contribution >= 4 is 24.8 Å². The van der Waals surface area contributed by atoms with Crippen molar-refractivity contribution in [2.45, 2.75) is 25.5 Å². The third-order valence-electron chi connectivity index (χ3n) is 2.63. The number of nitrogens with one attached hydrogen (secondary N) is 2. The number of benzene rings is 1. The molecule has 1 aromatic rings. The monoisotopic (exact) mass is 278 g/mol. The van der Waals surface area contributed by atoms with E-state index in [1.807, 2.05) is 18.2 Å². The number of hydroxylamine groups is 1. The van der Waals surface area contributed by atoms with Gasteiger partial charge in [0.25, 0.3) is 0 Å². The van der Waals surface area contributed by atoms with Gasteiger partial charge in [0.05, 0.1) is 6.61 Å². The maximum Gasteiger partial charge on any atom is 0.0933 e. The predicted octanol–water partition coefficient (Wildman–Crippen LogP) is 2.30. The van der Waals surface area contributed by atoms with E-state index in [0.717, 1.165) is 13.1 Å². The van der Waals surface area contributed by atoms with Crippen LogP contribution < -0.4 is 10.8 Å². The van der Waals surface area contributed by atoms with Crippen LogP contribution in [-0.4, -0.2) is 19.1 Å². The van der Waals surface area contributed by atoms with Crippen LogP contribution in [0.15, 0.2) is 30.3 Å². The third kappa shape index (κ3) is 6.24. The van der Waals surface area contributed by atoms with E-state index >= 15 is 0 Å². The first-order valence-electron chi connectivity index (χ1n) is 5.57. The van der Waals surface area contributed by atoms with Crippen LogP contribution in [0.2, 0.25) is 0 Å². The summed E-state index contributed by atoms with van der Waals surface area (Å²) in [7, 11) is 0. The van der Waals surface area contributed by atoms with Crippen molar-refractivity contribution in [3.8, 4) is 0 Å². The molecule has 0 amide bonds. The fraction of sp³-hybridized carbons (Fsp3) is 0.500. The summed E-state index contributed by atoms with van der Waals surface area (Å²) < 4.78 is 0. The standard InChI is InChI=1S/C12H18N2O.2ClH/c1-2-5-11(6-3-1)10-15-14-12-7-4-8-13-9-12;;/h1-3,5-6,12-14H,4,7-10H2;2*1H. The second kappa shape index (κ2) is 9.68. The Labute approximate surface area is 115 Å². The van der Waals surface area contributed by atoms with Gasteiger partial charge in [-0.25, -0.2) is 0 Å². The van der Waals surface area contributed by atoms with Crippen LogP contribution in [0.5, 0.6) is 0 Å². The van der Waals surface area contributed by atoms with E-state index in [-0.39, 0.29) is 24.8 Å². The molecule has 1 atom stereocenters. The Morgan fingerprint density at radius 2 is 2.00 bits per heavy atom. The maximum atomic E-state index is 5.47. The van der Waals surface area contributed by atoms with Crippen molar-refractivity contribution in [1.82, 2.24) is 10.8 Å². The quantitative estimate of drug-likeness (QED) is 0.830. The molecule has 0 aliphatic carbocycles. The molecule has 5 heteroatoms. The van der Waals surface area contributed by atoms with Gasteiger partial charge >= 0.3 is 0 Å². The maximum absolute atomic E-state index is 5.47. The van der Waals surface area contributed by atoms with E-state index in [4.69, 9.17) is 4.84 Å². The first-order valence-corrected chi connectivity index (χ1v) is 5.57. The summed E-state index contributed by atoms with van der Waals surface area (Å²) in [5.41, 5.74) is 4.31. The van der Waals surface area contributed by atoms with Gasteiger partial charge in [-0.05, 0) is 24.9 Å². The molecular weight excluding hydrogens is 259 g/mol.